The molecule has 4 rings (SSSR count). The van der Waals surface area contributed by atoms with Gasteiger partial charge in [0.2, 0.25) is 0 Å². The number of carbonyl (C=O) groups is 4. The van der Waals surface area contributed by atoms with Gasteiger partial charge in [-0.2, -0.15) is 0 Å². The zero-order valence-corrected chi connectivity index (χ0v) is 20.7. The molecule has 4 saturated carbocycles. The number of Topliss-reactive ketones (excluding diaryl/α,β-unsaturated/α-hetero) is 2. The van der Waals surface area contributed by atoms with E-state index in [4.69, 9.17) is 9.47 Å². The molecule has 0 aromatic rings. The fourth-order valence-electron chi connectivity index (χ4n) is 8.65. The van der Waals surface area contributed by atoms with Gasteiger partial charge in [0.15, 0.2) is 0 Å². The highest BCUT2D eigenvalue weighted by atomic mass is 16.5. The summed E-state index contributed by atoms with van der Waals surface area (Å²) in [5.74, 6) is -1.03. The zero-order valence-electron chi connectivity index (χ0n) is 20.7. The minimum Gasteiger partial charge on any atom is -0.463 e. The van der Waals surface area contributed by atoms with Crippen molar-refractivity contribution in [1.82, 2.24) is 0 Å². The third-order valence-corrected chi connectivity index (χ3v) is 9.88. The lowest BCUT2D eigenvalue weighted by Gasteiger charge is -2.60. The molecule has 4 aliphatic carbocycles. The van der Waals surface area contributed by atoms with Gasteiger partial charge < -0.3 is 9.47 Å². The summed E-state index contributed by atoms with van der Waals surface area (Å²) in [6, 6.07) is 0. The molecule has 0 saturated heterocycles. The highest BCUT2D eigenvalue weighted by Crippen LogP contribution is 2.68. The highest BCUT2D eigenvalue weighted by Gasteiger charge is 2.73. The molecule has 4 fully saturated rings. The Balaban J connectivity index is 1.73. The van der Waals surface area contributed by atoms with Crippen molar-refractivity contribution in [1.29, 1.82) is 0 Å². The smallest absolute Gasteiger partial charge is 0.302 e. The molecule has 0 unspecified atom stereocenters. The summed E-state index contributed by atoms with van der Waals surface area (Å²) in [5.41, 5.74) is 6.70. The van der Waals surface area contributed by atoms with Crippen LogP contribution >= 0.6 is 0 Å². The lowest BCUT2D eigenvalue weighted by atomic mass is 9.43. The van der Waals surface area contributed by atoms with Crippen molar-refractivity contribution < 1.29 is 28.7 Å². The number of nitrogens with zero attached hydrogens (tertiary/aromatic N) is 3. The van der Waals surface area contributed by atoms with Crippen molar-refractivity contribution in [2.75, 3.05) is 0 Å². The van der Waals surface area contributed by atoms with E-state index in [-0.39, 0.29) is 59.1 Å². The van der Waals surface area contributed by atoms with Gasteiger partial charge in [-0.3, -0.25) is 19.2 Å². The second-order valence-corrected chi connectivity index (χ2v) is 11.4. The molecule has 0 amide bonds. The molecule has 9 atom stereocenters. The Kier molecular flexibility index (Phi) is 6.08. The van der Waals surface area contributed by atoms with Gasteiger partial charge in [0.1, 0.15) is 29.3 Å². The topological polar surface area (TPSA) is 136 Å². The van der Waals surface area contributed by atoms with E-state index in [2.05, 4.69) is 16.9 Å². The van der Waals surface area contributed by atoms with Crippen molar-refractivity contribution in [3.63, 3.8) is 0 Å². The maximum absolute atomic E-state index is 13.9. The second-order valence-electron chi connectivity index (χ2n) is 11.4. The second kappa shape index (κ2) is 8.36. The fraction of sp³-hybridized carbons (Fsp3) is 0.840. The molecule has 0 bridgehead atoms. The Hall–Kier alpha value is -2.41. The number of carbonyl (C=O) groups excluding carboxylic acids is 4. The van der Waals surface area contributed by atoms with E-state index >= 15 is 0 Å². The number of hydrogen-bond donors (Lipinski definition) is 0. The van der Waals surface area contributed by atoms with E-state index in [0.29, 0.717) is 6.42 Å². The quantitative estimate of drug-likeness (QED) is 0.258. The van der Waals surface area contributed by atoms with Crippen molar-refractivity contribution in [3.8, 4) is 0 Å². The van der Waals surface area contributed by atoms with Gasteiger partial charge in [-0.15, -0.1) is 0 Å². The SMILES string of the molecule is CC(=O)O[C@H]1CC[C@@]2(C)[C@@H](CC[C@@H]3[C@@H]2C(=O)C[C@@]2(C)[C@H]3C[C@@H](OC(C)=O)[C@]2(N=[N+]=[N-])C(C)=O)C1. The van der Waals surface area contributed by atoms with E-state index in [0.717, 1.165) is 32.1 Å². The summed E-state index contributed by atoms with van der Waals surface area (Å²) >= 11 is 0. The van der Waals surface area contributed by atoms with E-state index in [9.17, 15) is 24.7 Å². The largest absolute Gasteiger partial charge is 0.463 e. The molecule has 9 heteroatoms. The van der Waals surface area contributed by atoms with Crippen LogP contribution in [0.2, 0.25) is 0 Å². The van der Waals surface area contributed by atoms with E-state index < -0.39 is 23.0 Å². The maximum atomic E-state index is 13.9. The van der Waals surface area contributed by atoms with Crippen LogP contribution in [0.15, 0.2) is 5.11 Å². The molecular formula is C25H35N3O6. The Bertz CT molecular complexity index is 972. The van der Waals surface area contributed by atoms with Crippen LogP contribution in [-0.2, 0) is 28.7 Å². The third kappa shape index (κ3) is 3.38. The Morgan fingerprint density at radius 1 is 1.03 bits per heavy atom. The van der Waals surface area contributed by atoms with Crippen LogP contribution in [0, 0.1) is 34.5 Å². The third-order valence-electron chi connectivity index (χ3n) is 9.88. The first-order chi connectivity index (χ1) is 15.9. The average molecular weight is 474 g/mol. The highest BCUT2D eigenvalue weighted by molar-refractivity contribution is 5.92. The molecule has 0 spiro atoms. The maximum Gasteiger partial charge on any atom is 0.302 e. The normalized spacial score (nSPS) is 45.1. The summed E-state index contributed by atoms with van der Waals surface area (Å²) in [6.07, 6.45) is 3.54. The molecule has 0 heterocycles. The van der Waals surface area contributed by atoms with Crippen LogP contribution in [0.1, 0.15) is 79.6 Å². The molecule has 0 N–H and O–H groups in total. The van der Waals surface area contributed by atoms with Crippen molar-refractivity contribution in [3.05, 3.63) is 10.4 Å². The predicted octanol–water partition coefficient (Wildman–Crippen LogP) is 4.32. The average Bonchev–Trinajstić information content (AvgIpc) is 2.96. The van der Waals surface area contributed by atoms with Crippen LogP contribution in [0.25, 0.3) is 10.4 Å². The number of azide groups is 1. The Morgan fingerprint density at radius 2 is 1.71 bits per heavy atom. The number of hydrogen-bond acceptors (Lipinski definition) is 7. The molecule has 186 valence electrons. The van der Waals surface area contributed by atoms with E-state index in [1.165, 1.54) is 20.8 Å². The monoisotopic (exact) mass is 473 g/mol. The van der Waals surface area contributed by atoms with Crippen LogP contribution in [0.4, 0.5) is 0 Å². The van der Waals surface area contributed by atoms with E-state index in [1.54, 1.807) is 0 Å². The molecule has 0 aliphatic heterocycles. The first-order valence-corrected chi connectivity index (χ1v) is 12.3. The fourth-order valence-corrected chi connectivity index (χ4v) is 8.65. The first kappa shape index (κ1) is 24.7. The van der Waals surface area contributed by atoms with Crippen LogP contribution in [0.3, 0.4) is 0 Å². The standard InChI is InChI=1S/C25H35N3O6/c1-13(29)25(27-28-26)21(34-15(3)31)11-19-18-7-6-16-10-17(33-14(2)30)8-9-23(16,4)22(18)20(32)12-24(19,25)5/h16-19,21-22H,6-12H2,1-5H3/t16-,17-,18-,19-,21+,22+,23-,24-,25+/m0/s1. The molecule has 34 heavy (non-hydrogen) atoms. The summed E-state index contributed by atoms with van der Waals surface area (Å²) in [7, 11) is 0. The summed E-state index contributed by atoms with van der Waals surface area (Å²) < 4.78 is 11.1. The van der Waals surface area contributed by atoms with Gasteiger partial charge in [0.25, 0.3) is 0 Å². The van der Waals surface area contributed by atoms with Gasteiger partial charge in [-0.25, -0.2) is 0 Å². The summed E-state index contributed by atoms with van der Waals surface area (Å²) in [5, 5.41) is 4.01. The molecule has 0 aromatic heterocycles. The number of ether oxygens (including phenoxy) is 2. The first-order valence-electron chi connectivity index (χ1n) is 12.3. The number of esters is 2. The number of rotatable bonds is 4. The summed E-state index contributed by atoms with van der Waals surface area (Å²) in [6.45, 7) is 8.15. The molecule has 0 radical (unpaired) electrons. The number of fused-ring (bicyclic) bond motifs is 5. The van der Waals surface area contributed by atoms with Crippen LogP contribution in [0.5, 0.6) is 0 Å². The van der Waals surface area contributed by atoms with Crippen molar-refractivity contribution >= 4 is 23.5 Å². The molecule has 0 aromatic carbocycles. The predicted molar refractivity (Wildman–Crippen MR) is 121 cm³/mol. The minimum absolute atomic E-state index is 0.0194. The zero-order chi connectivity index (χ0) is 25.1. The lowest BCUT2D eigenvalue weighted by molar-refractivity contribution is -0.170. The molecule has 9 nitrogen and oxygen atoms in total. The lowest BCUT2D eigenvalue weighted by Crippen LogP contribution is -2.62. The van der Waals surface area contributed by atoms with Crippen molar-refractivity contribution in [2.45, 2.75) is 97.3 Å². The summed E-state index contributed by atoms with van der Waals surface area (Å²) in [4.78, 5) is 53.4. The van der Waals surface area contributed by atoms with Crippen LogP contribution < -0.4 is 0 Å². The van der Waals surface area contributed by atoms with Gasteiger partial charge in [-0.1, -0.05) is 19.0 Å². The van der Waals surface area contributed by atoms with Crippen LogP contribution in [-0.4, -0.2) is 41.3 Å². The van der Waals surface area contributed by atoms with Gasteiger partial charge in [0.05, 0.1) is 0 Å². The minimum atomic E-state index is -1.59. The van der Waals surface area contributed by atoms with Gasteiger partial charge in [0, 0.05) is 31.1 Å². The Labute approximate surface area is 199 Å². The van der Waals surface area contributed by atoms with Gasteiger partial charge >= 0.3 is 11.9 Å². The Morgan fingerprint density at radius 3 is 2.29 bits per heavy atom. The van der Waals surface area contributed by atoms with Gasteiger partial charge in [-0.05, 0) is 79.6 Å². The number of ketones is 2. The van der Waals surface area contributed by atoms with Crippen molar-refractivity contribution in [2.24, 2.45) is 39.6 Å². The van der Waals surface area contributed by atoms with E-state index in [1.807, 2.05) is 6.92 Å². The molecule has 4 aliphatic rings. The molecular weight excluding hydrogens is 438 g/mol.